The van der Waals surface area contributed by atoms with Gasteiger partial charge < -0.3 is 0 Å². The van der Waals surface area contributed by atoms with Gasteiger partial charge in [-0.15, -0.1) is 11.3 Å². The fraction of sp³-hybridized carbons (Fsp3) is 0.196. The normalized spacial score (nSPS) is 25.4. The summed E-state index contributed by atoms with van der Waals surface area (Å²) < 4.78 is 2.66. The van der Waals surface area contributed by atoms with E-state index in [2.05, 4.69) is 171 Å². The number of nitrogens with zero attached hydrogens (tertiary/aromatic N) is 1. The summed E-state index contributed by atoms with van der Waals surface area (Å²) >= 11 is 1.86. The van der Waals surface area contributed by atoms with Gasteiger partial charge in [0.2, 0.25) is 0 Å². The first kappa shape index (κ1) is 32.3. The topological polar surface area (TPSA) is 12.4 Å². The summed E-state index contributed by atoms with van der Waals surface area (Å²) in [6.07, 6.45) is 35.2. The molecule has 258 valence electrons. The second-order valence-corrected chi connectivity index (χ2v) is 16.4. The molecule has 1 nitrogen and oxygen atoms in total. The van der Waals surface area contributed by atoms with Gasteiger partial charge in [-0.25, -0.2) is 0 Å². The standard InChI is InChI=1S/C51H43NS/c1-2-9-36(37-21-25-46-44-12-4-3-10-42(44)43-11-5-6-13-45(43)49(46)30-37)20-16-33-17-22-40-38(26-33)29-39-27-34(18-23-41(39)40)31-52-32-35-19-24-48-47-14-7-8-15-50(47)53-51(48)28-35/h2-15,17-28,30,32,38,40,43,45-46,49H,16,29,31H2,1H3/b9-2-,36-20+,52-32?. The molecule has 0 bridgehead atoms. The van der Waals surface area contributed by atoms with Crippen molar-refractivity contribution in [2.75, 3.05) is 0 Å². The van der Waals surface area contributed by atoms with E-state index in [0.29, 0.717) is 42.1 Å². The summed E-state index contributed by atoms with van der Waals surface area (Å²) in [5.41, 5.74) is 12.5. The summed E-state index contributed by atoms with van der Waals surface area (Å²) in [5, 5.41) is 2.67. The predicted molar refractivity (Wildman–Crippen MR) is 226 cm³/mol. The first-order chi connectivity index (χ1) is 26.2. The smallest absolute Gasteiger partial charge is 0.0640 e. The van der Waals surface area contributed by atoms with E-state index in [1.165, 1.54) is 64.7 Å². The van der Waals surface area contributed by atoms with Crippen LogP contribution in [0, 0.1) is 17.8 Å². The number of allylic oxidation sites excluding steroid dienone is 16. The maximum atomic E-state index is 4.87. The zero-order valence-corrected chi connectivity index (χ0v) is 30.9. The highest BCUT2D eigenvalue weighted by molar-refractivity contribution is 7.25. The summed E-state index contributed by atoms with van der Waals surface area (Å²) in [4.78, 5) is 4.87. The average molecular weight is 702 g/mol. The SMILES string of the molecule is C/C=C\C(=C/CC1=CC2Cc3cc(CN=Cc4ccc5c(c4)sc4ccccc45)ccc3C2C=C1)C1=CC2C(C=C1)c1ccccc1C1C=CC=CC12. The molecule has 2 heteroatoms. The first-order valence-electron chi connectivity index (χ1n) is 19.3. The van der Waals surface area contributed by atoms with E-state index in [4.69, 9.17) is 4.99 Å². The summed E-state index contributed by atoms with van der Waals surface area (Å²) in [5.74, 6) is 2.83. The molecular weight excluding hydrogens is 659 g/mol. The summed E-state index contributed by atoms with van der Waals surface area (Å²) in [7, 11) is 0. The minimum Gasteiger partial charge on any atom is -0.288 e. The van der Waals surface area contributed by atoms with Crippen molar-refractivity contribution in [2.24, 2.45) is 22.7 Å². The maximum absolute atomic E-state index is 4.87. The Morgan fingerprint density at radius 2 is 1.55 bits per heavy atom. The van der Waals surface area contributed by atoms with E-state index in [-0.39, 0.29) is 0 Å². The number of benzene rings is 4. The Balaban J connectivity index is 0.828. The highest BCUT2D eigenvalue weighted by Gasteiger charge is 2.40. The molecule has 0 radical (unpaired) electrons. The van der Waals surface area contributed by atoms with Crippen molar-refractivity contribution in [3.05, 3.63) is 214 Å². The highest BCUT2D eigenvalue weighted by Crippen LogP contribution is 2.52. The Morgan fingerprint density at radius 1 is 0.736 bits per heavy atom. The van der Waals surface area contributed by atoms with Gasteiger partial charge in [0.15, 0.2) is 0 Å². The van der Waals surface area contributed by atoms with E-state index >= 15 is 0 Å². The lowest BCUT2D eigenvalue weighted by Crippen LogP contribution is -2.32. The van der Waals surface area contributed by atoms with E-state index in [0.717, 1.165) is 18.4 Å². The van der Waals surface area contributed by atoms with Gasteiger partial charge in [0.05, 0.1) is 6.54 Å². The van der Waals surface area contributed by atoms with Crippen LogP contribution in [-0.2, 0) is 13.0 Å². The van der Waals surface area contributed by atoms with Crippen molar-refractivity contribution in [3.63, 3.8) is 0 Å². The molecule has 0 aliphatic heterocycles. The molecule has 5 aliphatic rings. The second-order valence-electron chi connectivity index (χ2n) is 15.3. The summed E-state index contributed by atoms with van der Waals surface area (Å²) in [6, 6.07) is 31.5. The number of hydrogen-bond acceptors (Lipinski definition) is 2. The Bertz CT molecular complexity index is 2540. The molecule has 10 rings (SSSR count). The van der Waals surface area contributed by atoms with Gasteiger partial charge in [0, 0.05) is 44.1 Å². The van der Waals surface area contributed by atoms with E-state index in [1.54, 1.807) is 0 Å². The van der Waals surface area contributed by atoms with Gasteiger partial charge in [-0.1, -0.05) is 152 Å². The first-order valence-corrected chi connectivity index (χ1v) is 20.1. The number of hydrogen-bond donors (Lipinski definition) is 0. The van der Waals surface area contributed by atoms with Crippen LogP contribution in [0.15, 0.2) is 186 Å². The lowest BCUT2D eigenvalue weighted by molar-refractivity contribution is 0.369. The van der Waals surface area contributed by atoms with Gasteiger partial charge >= 0.3 is 0 Å². The van der Waals surface area contributed by atoms with Crippen molar-refractivity contribution in [1.29, 1.82) is 0 Å². The fourth-order valence-electron chi connectivity index (χ4n) is 9.72. The minimum absolute atomic E-state index is 0.430. The number of fused-ring (bicyclic) bond motifs is 12. The van der Waals surface area contributed by atoms with Crippen LogP contribution in [0.2, 0.25) is 0 Å². The molecule has 6 atom stereocenters. The van der Waals surface area contributed by atoms with Crippen LogP contribution in [-0.4, -0.2) is 6.21 Å². The Hall–Kier alpha value is -5.31. The molecule has 6 unspecified atom stereocenters. The van der Waals surface area contributed by atoms with Crippen LogP contribution in [0.5, 0.6) is 0 Å². The highest BCUT2D eigenvalue weighted by atomic mass is 32.1. The van der Waals surface area contributed by atoms with E-state index < -0.39 is 0 Å². The lowest BCUT2D eigenvalue weighted by Gasteiger charge is -2.43. The fourth-order valence-corrected chi connectivity index (χ4v) is 10.9. The second kappa shape index (κ2) is 13.6. The van der Waals surface area contributed by atoms with Crippen molar-refractivity contribution in [3.8, 4) is 0 Å². The van der Waals surface area contributed by atoms with E-state index in [9.17, 15) is 0 Å². The molecule has 5 aromatic rings. The molecule has 0 N–H and O–H groups in total. The van der Waals surface area contributed by atoms with Crippen LogP contribution in [0.3, 0.4) is 0 Å². The van der Waals surface area contributed by atoms with Crippen molar-refractivity contribution in [1.82, 2.24) is 0 Å². The average Bonchev–Trinajstić information content (AvgIpc) is 3.76. The Kier molecular flexibility index (Phi) is 8.29. The van der Waals surface area contributed by atoms with Gasteiger partial charge in [-0.2, -0.15) is 0 Å². The zero-order valence-electron chi connectivity index (χ0n) is 30.1. The Morgan fingerprint density at radius 3 is 2.45 bits per heavy atom. The van der Waals surface area contributed by atoms with Crippen LogP contribution < -0.4 is 0 Å². The predicted octanol–water partition coefficient (Wildman–Crippen LogP) is 13.1. The summed E-state index contributed by atoms with van der Waals surface area (Å²) in [6.45, 7) is 2.84. The molecular formula is C51H43NS. The largest absolute Gasteiger partial charge is 0.288 e. The molecule has 1 aromatic heterocycles. The van der Waals surface area contributed by atoms with Crippen LogP contribution in [0.1, 0.15) is 64.5 Å². The minimum atomic E-state index is 0.430. The van der Waals surface area contributed by atoms with Gasteiger partial charge in [0.1, 0.15) is 0 Å². The van der Waals surface area contributed by atoms with Crippen LogP contribution in [0.4, 0.5) is 0 Å². The lowest BCUT2D eigenvalue weighted by atomic mass is 9.61. The van der Waals surface area contributed by atoms with Gasteiger partial charge in [0.25, 0.3) is 0 Å². The van der Waals surface area contributed by atoms with E-state index in [1.807, 2.05) is 17.6 Å². The molecule has 5 aliphatic carbocycles. The molecule has 1 heterocycles. The monoisotopic (exact) mass is 701 g/mol. The van der Waals surface area contributed by atoms with Crippen molar-refractivity contribution in [2.45, 2.75) is 44.1 Å². The molecule has 0 amide bonds. The van der Waals surface area contributed by atoms with Crippen molar-refractivity contribution < 1.29 is 0 Å². The Labute approximate surface area is 317 Å². The number of aliphatic imine (C=N–C) groups is 1. The zero-order chi connectivity index (χ0) is 35.3. The molecule has 0 spiro atoms. The third-order valence-electron chi connectivity index (χ3n) is 12.2. The molecule has 53 heavy (non-hydrogen) atoms. The maximum Gasteiger partial charge on any atom is 0.0640 e. The third kappa shape index (κ3) is 5.90. The molecule has 0 fully saturated rings. The molecule has 0 saturated heterocycles. The van der Waals surface area contributed by atoms with Crippen LogP contribution in [0.25, 0.3) is 20.2 Å². The third-order valence-corrected chi connectivity index (χ3v) is 13.3. The van der Waals surface area contributed by atoms with Crippen LogP contribution >= 0.6 is 11.3 Å². The number of thiophene rings is 1. The quantitative estimate of drug-likeness (QED) is 0.118. The number of rotatable bonds is 7. The van der Waals surface area contributed by atoms with Crippen molar-refractivity contribution >= 4 is 37.7 Å². The molecule has 4 aromatic carbocycles. The molecule has 0 saturated carbocycles. The van der Waals surface area contributed by atoms with Gasteiger partial charge in [-0.3, -0.25) is 4.99 Å². The van der Waals surface area contributed by atoms with Gasteiger partial charge in [-0.05, 0) is 99.8 Å².